The fourth-order valence-electron chi connectivity index (χ4n) is 1.91. The largest absolute Gasteiger partial charge is 0.277 e. The molecule has 0 amide bonds. The van der Waals surface area contributed by atoms with E-state index in [1.807, 2.05) is 19.9 Å². The third-order valence-electron chi connectivity index (χ3n) is 3.03. The van der Waals surface area contributed by atoms with Crippen LogP contribution in [-0.2, 0) is 12.8 Å². The summed E-state index contributed by atoms with van der Waals surface area (Å²) in [5.41, 5.74) is 2.58. The van der Waals surface area contributed by atoms with E-state index in [2.05, 4.69) is 10.1 Å². The third-order valence-corrected chi connectivity index (χ3v) is 3.03. The van der Waals surface area contributed by atoms with E-state index in [-0.39, 0.29) is 5.69 Å². The highest BCUT2D eigenvalue weighted by atomic mass is 16.6. The Morgan fingerprint density at radius 2 is 2.05 bits per heavy atom. The molecule has 0 bridgehead atoms. The molecule has 0 radical (unpaired) electrons. The molecule has 100 valence electrons. The van der Waals surface area contributed by atoms with Crippen LogP contribution in [0.25, 0.3) is 5.82 Å². The van der Waals surface area contributed by atoms with Crippen molar-refractivity contribution >= 4 is 5.69 Å². The van der Waals surface area contributed by atoms with E-state index in [9.17, 15) is 10.1 Å². The molecule has 0 saturated heterocycles. The highest BCUT2D eigenvalue weighted by Gasteiger charge is 2.15. The second-order valence-electron chi connectivity index (χ2n) is 4.33. The zero-order valence-corrected chi connectivity index (χ0v) is 11.3. The topological polar surface area (TPSA) is 73.8 Å². The summed E-state index contributed by atoms with van der Waals surface area (Å²) in [6, 6.07) is 3.48. The van der Waals surface area contributed by atoms with E-state index in [0.29, 0.717) is 11.4 Å². The van der Waals surface area contributed by atoms with Crippen LogP contribution < -0.4 is 0 Å². The van der Waals surface area contributed by atoms with E-state index in [4.69, 9.17) is 0 Å². The number of pyridine rings is 1. The lowest BCUT2D eigenvalue weighted by Crippen LogP contribution is -2.05. The molecule has 2 heterocycles. The second-order valence-corrected chi connectivity index (χ2v) is 4.33. The second kappa shape index (κ2) is 5.17. The Morgan fingerprint density at radius 1 is 1.32 bits per heavy atom. The lowest BCUT2D eigenvalue weighted by Gasteiger charge is -2.05. The number of hydrogen-bond donors (Lipinski definition) is 0. The average Bonchev–Trinajstić information content (AvgIpc) is 2.82. The summed E-state index contributed by atoms with van der Waals surface area (Å²) in [5.74, 6) is 0.494. The summed E-state index contributed by atoms with van der Waals surface area (Å²) >= 11 is 0. The molecule has 6 nitrogen and oxygen atoms in total. The highest BCUT2D eigenvalue weighted by molar-refractivity contribution is 5.44. The summed E-state index contributed by atoms with van der Waals surface area (Å²) in [6.07, 6.45) is 3.14. The molecule has 0 aromatic carbocycles. The average molecular weight is 260 g/mol. The monoisotopic (exact) mass is 260 g/mol. The Kier molecular flexibility index (Phi) is 3.59. The number of rotatable bonds is 4. The van der Waals surface area contributed by atoms with Gasteiger partial charge in [0.15, 0.2) is 5.82 Å². The number of aryl methyl sites for hydroxylation is 3. The normalized spacial score (nSPS) is 10.7. The number of aromatic nitrogens is 3. The standard InChI is InChI=1S/C13H16N4O2/c1-4-10-6-11(5-2)16(15-10)13-7-12(17(18)19)9(3)8-14-13/h6-8H,4-5H2,1-3H3. The minimum absolute atomic E-state index is 0.0700. The van der Waals surface area contributed by atoms with Gasteiger partial charge in [0.05, 0.1) is 16.7 Å². The van der Waals surface area contributed by atoms with Gasteiger partial charge in [-0.05, 0) is 25.8 Å². The Hall–Kier alpha value is -2.24. The van der Waals surface area contributed by atoms with Gasteiger partial charge in [0.1, 0.15) is 0 Å². The van der Waals surface area contributed by atoms with Crippen molar-refractivity contribution in [3.8, 4) is 5.82 Å². The van der Waals surface area contributed by atoms with Crippen LogP contribution in [0.2, 0.25) is 0 Å². The molecule has 0 aliphatic carbocycles. The lowest BCUT2D eigenvalue weighted by molar-refractivity contribution is -0.385. The summed E-state index contributed by atoms with van der Waals surface area (Å²) in [4.78, 5) is 14.8. The lowest BCUT2D eigenvalue weighted by atomic mass is 10.2. The van der Waals surface area contributed by atoms with Crippen LogP contribution in [0.4, 0.5) is 5.69 Å². The van der Waals surface area contributed by atoms with Crippen LogP contribution in [-0.4, -0.2) is 19.7 Å². The molecule has 0 aliphatic heterocycles. The minimum atomic E-state index is -0.392. The third kappa shape index (κ3) is 2.47. The van der Waals surface area contributed by atoms with Gasteiger partial charge < -0.3 is 0 Å². The molecule has 0 saturated carbocycles. The van der Waals surface area contributed by atoms with Crippen molar-refractivity contribution in [1.29, 1.82) is 0 Å². The van der Waals surface area contributed by atoms with Gasteiger partial charge in [-0.1, -0.05) is 13.8 Å². The Labute approximate surface area is 111 Å². The van der Waals surface area contributed by atoms with Crippen molar-refractivity contribution in [3.63, 3.8) is 0 Å². The maximum Gasteiger partial charge on any atom is 0.277 e. The predicted octanol–water partition coefficient (Wildman–Crippen LogP) is 2.61. The zero-order valence-electron chi connectivity index (χ0n) is 11.3. The Balaban J connectivity index is 2.55. The van der Waals surface area contributed by atoms with Crippen LogP contribution in [0.5, 0.6) is 0 Å². The molecule has 19 heavy (non-hydrogen) atoms. The molecule has 0 N–H and O–H groups in total. The number of nitro groups is 1. The van der Waals surface area contributed by atoms with E-state index in [0.717, 1.165) is 24.2 Å². The SMILES string of the molecule is CCc1cc(CC)n(-c2cc([N+](=O)[O-])c(C)cn2)n1. The predicted molar refractivity (Wildman–Crippen MR) is 71.5 cm³/mol. The first-order chi connectivity index (χ1) is 9.06. The van der Waals surface area contributed by atoms with Crippen LogP contribution in [0.15, 0.2) is 18.3 Å². The van der Waals surface area contributed by atoms with Gasteiger partial charge in [-0.25, -0.2) is 9.67 Å². The fourth-order valence-corrected chi connectivity index (χ4v) is 1.91. The molecule has 0 unspecified atom stereocenters. The molecule has 2 aromatic rings. The maximum atomic E-state index is 11.0. The van der Waals surface area contributed by atoms with Gasteiger partial charge in [-0.3, -0.25) is 10.1 Å². The van der Waals surface area contributed by atoms with E-state index >= 15 is 0 Å². The van der Waals surface area contributed by atoms with Crippen molar-refractivity contribution in [2.24, 2.45) is 0 Å². The maximum absolute atomic E-state index is 11.0. The van der Waals surface area contributed by atoms with Gasteiger partial charge in [0.25, 0.3) is 5.69 Å². The van der Waals surface area contributed by atoms with Gasteiger partial charge in [0.2, 0.25) is 0 Å². The highest BCUT2D eigenvalue weighted by Crippen LogP contribution is 2.20. The molecule has 0 spiro atoms. The summed E-state index contributed by atoms with van der Waals surface area (Å²) < 4.78 is 1.69. The first-order valence-corrected chi connectivity index (χ1v) is 6.26. The fraction of sp³-hybridized carbons (Fsp3) is 0.385. The quantitative estimate of drug-likeness (QED) is 0.625. The van der Waals surface area contributed by atoms with Crippen molar-refractivity contribution in [2.75, 3.05) is 0 Å². The van der Waals surface area contributed by atoms with Crippen LogP contribution in [0.3, 0.4) is 0 Å². The van der Waals surface area contributed by atoms with Crippen LogP contribution >= 0.6 is 0 Å². The van der Waals surface area contributed by atoms with Gasteiger partial charge in [0, 0.05) is 17.5 Å². The smallest absolute Gasteiger partial charge is 0.258 e. The van der Waals surface area contributed by atoms with Gasteiger partial charge in [-0.15, -0.1) is 0 Å². The van der Waals surface area contributed by atoms with E-state index in [1.54, 1.807) is 11.6 Å². The molecule has 0 aliphatic rings. The number of hydrogen-bond acceptors (Lipinski definition) is 4. The van der Waals surface area contributed by atoms with Crippen molar-refractivity contribution in [2.45, 2.75) is 33.6 Å². The van der Waals surface area contributed by atoms with Gasteiger partial charge >= 0.3 is 0 Å². The summed E-state index contributed by atoms with van der Waals surface area (Å²) in [7, 11) is 0. The zero-order chi connectivity index (χ0) is 14.0. The van der Waals surface area contributed by atoms with Gasteiger partial charge in [-0.2, -0.15) is 5.10 Å². The number of nitrogens with zero attached hydrogens (tertiary/aromatic N) is 4. The Morgan fingerprint density at radius 3 is 2.63 bits per heavy atom. The van der Waals surface area contributed by atoms with E-state index < -0.39 is 4.92 Å². The molecular formula is C13H16N4O2. The molecule has 2 aromatic heterocycles. The van der Waals surface area contributed by atoms with Crippen LogP contribution in [0.1, 0.15) is 30.8 Å². The Bertz CT molecular complexity index is 619. The molecule has 6 heteroatoms. The summed E-state index contributed by atoms with van der Waals surface area (Å²) in [5, 5.41) is 15.4. The minimum Gasteiger partial charge on any atom is -0.258 e. The first kappa shape index (κ1) is 13.2. The van der Waals surface area contributed by atoms with E-state index in [1.165, 1.54) is 12.3 Å². The molecule has 0 atom stereocenters. The first-order valence-electron chi connectivity index (χ1n) is 6.26. The summed E-state index contributed by atoms with van der Waals surface area (Å²) in [6.45, 7) is 5.73. The van der Waals surface area contributed by atoms with Crippen LogP contribution in [0, 0.1) is 17.0 Å². The van der Waals surface area contributed by atoms with Crippen molar-refractivity contribution in [1.82, 2.24) is 14.8 Å². The molecular weight excluding hydrogens is 244 g/mol. The van der Waals surface area contributed by atoms with Crippen molar-refractivity contribution in [3.05, 3.63) is 45.4 Å². The molecule has 0 fully saturated rings. The molecule has 2 rings (SSSR count). The van der Waals surface area contributed by atoms with Crippen molar-refractivity contribution < 1.29 is 4.92 Å².